The molecule has 1 saturated heterocycles. The van der Waals surface area contributed by atoms with Crippen LogP contribution in [0, 0.1) is 0 Å². The van der Waals surface area contributed by atoms with Crippen molar-refractivity contribution in [1.29, 1.82) is 0 Å². The molecule has 0 N–H and O–H groups in total. The lowest BCUT2D eigenvalue weighted by molar-refractivity contribution is 0.0735. The molecule has 6 nitrogen and oxygen atoms in total. The lowest BCUT2D eigenvalue weighted by atomic mass is 10.2. The van der Waals surface area contributed by atoms with Crippen LogP contribution in [0.4, 0.5) is 0 Å². The summed E-state index contributed by atoms with van der Waals surface area (Å²) in [6, 6.07) is 11.8. The molecule has 0 bridgehead atoms. The Morgan fingerprint density at radius 3 is 2.89 bits per heavy atom. The van der Waals surface area contributed by atoms with Crippen LogP contribution in [0.3, 0.4) is 0 Å². The van der Waals surface area contributed by atoms with Crippen LogP contribution in [0.1, 0.15) is 34.2 Å². The maximum atomic E-state index is 13.1. The van der Waals surface area contributed by atoms with Crippen molar-refractivity contribution in [3.05, 3.63) is 71.9 Å². The van der Waals surface area contributed by atoms with Gasteiger partial charge in [0.15, 0.2) is 0 Å². The first-order valence-corrected chi connectivity index (χ1v) is 9.72. The summed E-state index contributed by atoms with van der Waals surface area (Å²) in [5, 5.41) is 1.02. The maximum Gasteiger partial charge on any atom is 0.256 e. The SMILES string of the molecule is O=C(c1ccc(-n2ccnc2)nc1)N1CCCC1c1nc2ccccc2s1. The zero-order valence-electron chi connectivity index (χ0n) is 14.5. The topological polar surface area (TPSA) is 63.9 Å². The largest absolute Gasteiger partial charge is 0.329 e. The number of benzene rings is 1. The van der Waals surface area contributed by atoms with E-state index < -0.39 is 0 Å². The summed E-state index contributed by atoms with van der Waals surface area (Å²) in [5.41, 5.74) is 1.61. The van der Waals surface area contributed by atoms with E-state index in [1.807, 2.05) is 46.0 Å². The molecule has 134 valence electrons. The average molecular weight is 375 g/mol. The molecule has 4 heterocycles. The molecule has 0 spiro atoms. The van der Waals surface area contributed by atoms with Crippen molar-refractivity contribution in [2.24, 2.45) is 0 Å². The number of hydrogen-bond donors (Lipinski definition) is 0. The highest BCUT2D eigenvalue weighted by Crippen LogP contribution is 2.37. The molecular formula is C20H17N5OS. The Labute approximate surface area is 160 Å². The van der Waals surface area contributed by atoms with Crippen molar-refractivity contribution >= 4 is 27.5 Å². The third kappa shape index (κ3) is 2.90. The van der Waals surface area contributed by atoms with Gasteiger partial charge < -0.3 is 4.90 Å². The number of thiazole rings is 1. The van der Waals surface area contributed by atoms with Gasteiger partial charge in [0.1, 0.15) is 17.2 Å². The van der Waals surface area contributed by atoms with E-state index in [1.54, 1.807) is 30.1 Å². The third-order valence-electron chi connectivity index (χ3n) is 4.87. The highest BCUT2D eigenvalue weighted by molar-refractivity contribution is 7.18. The number of amides is 1. The molecule has 3 aromatic heterocycles. The molecule has 1 unspecified atom stereocenters. The minimum absolute atomic E-state index is 0.0152. The fourth-order valence-electron chi connectivity index (χ4n) is 3.52. The molecule has 1 aromatic carbocycles. The standard InChI is InChI=1S/C20H17N5OS/c26-20(14-7-8-18(22-12-14)24-11-9-21-13-24)25-10-3-5-16(25)19-23-15-4-1-2-6-17(15)27-19/h1-2,4,6-9,11-13,16H,3,5,10H2. The summed E-state index contributed by atoms with van der Waals surface area (Å²) in [4.78, 5) is 28.2. The predicted octanol–water partition coefficient (Wildman–Crippen LogP) is 3.85. The van der Waals surface area contributed by atoms with Crippen molar-refractivity contribution in [2.45, 2.75) is 18.9 Å². The van der Waals surface area contributed by atoms with E-state index in [1.165, 1.54) is 0 Å². The van der Waals surface area contributed by atoms with Gasteiger partial charge in [0.25, 0.3) is 5.91 Å². The van der Waals surface area contributed by atoms with Gasteiger partial charge in [-0.3, -0.25) is 9.36 Å². The lowest BCUT2D eigenvalue weighted by Crippen LogP contribution is -2.30. The molecule has 1 aliphatic rings. The quantitative estimate of drug-likeness (QED) is 0.545. The summed E-state index contributed by atoms with van der Waals surface area (Å²) in [6.45, 7) is 0.753. The van der Waals surface area contributed by atoms with E-state index in [-0.39, 0.29) is 11.9 Å². The van der Waals surface area contributed by atoms with E-state index in [2.05, 4.69) is 16.0 Å². The smallest absolute Gasteiger partial charge is 0.256 e. The van der Waals surface area contributed by atoms with E-state index in [9.17, 15) is 4.79 Å². The summed E-state index contributed by atoms with van der Waals surface area (Å²) in [5.74, 6) is 0.759. The highest BCUT2D eigenvalue weighted by Gasteiger charge is 2.32. The number of pyridine rings is 1. The van der Waals surface area contributed by atoms with Gasteiger partial charge in [0, 0.05) is 25.1 Å². The minimum Gasteiger partial charge on any atom is -0.329 e. The molecule has 5 rings (SSSR count). The van der Waals surface area contributed by atoms with Gasteiger partial charge in [-0.25, -0.2) is 15.0 Å². The van der Waals surface area contributed by atoms with Crippen molar-refractivity contribution < 1.29 is 4.79 Å². The molecule has 27 heavy (non-hydrogen) atoms. The van der Waals surface area contributed by atoms with E-state index in [0.29, 0.717) is 5.56 Å². The number of likely N-dealkylation sites (tertiary alicyclic amines) is 1. The van der Waals surface area contributed by atoms with Crippen LogP contribution < -0.4 is 0 Å². The van der Waals surface area contributed by atoms with Crippen molar-refractivity contribution in [3.8, 4) is 5.82 Å². The summed E-state index contributed by atoms with van der Waals surface area (Å²) >= 11 is 1.68. The highest BCUT2D eigenvalue weighted by atomic mass is 32.1. The number of carbonyl (C=O) groups is 1. The molecule has 4 aromatic rings. The first-order valence-electron chi connectivity index (χ1n) is 8.90. The van der Waals surface area contributed by atoms with Crippen LogP contribution >= 0.6 is 11.3 Å². The molecule has 7 heteroatoms. The molecule has 0 saturated carbocycles. The fourth-order valence-corrected chi connectivity index (χ4v) is 4.64. The first-order chi connectivity index (χ1) is 13.3. The second-order valence-corrected chi connectivity index (χ2v) is 7.61. The molecule has 1 fully saturated rings. The van der Waals surface area contributed by atoms with Gasteiger partial charge in [0.05, 0.1) is 21.8 Å². The van der Waals surface area contributed by atoms with Gasteiger partial charge in [-0.1, -0.05) is 12.1 Å². The van der Waals surface area contributed by atoms with Gasteiger partial charge >= 0.3 is 0 Å². The van der Waals surface area contributed by atoms with Crippen LogP contribution in [0.5, 0.6) is 0 Å². The van der Waals surface area contributed by atoms with Crippen molar-refractivity contribution in [1.82, 2.24) is 24.4 Å². The Hall–Kier alpha value is -3.06. The number of imidazole rings is 1. The Morgan fingerprint density at radius 2 is 2.11 bits per heavy atom. The number of aromatic nitrogens is 4. The van der Waals surface area contributed by atoms with E-state index >= 15 is 0 Å². The number of hydrogen-bond acceptors (Lipinski definition) is 5. The number of rotatable bonds is 3. The summed E-state index contributed by atoms with van der Waals surface area (Å²) < 4.78 is 2.98. The minimum atomic E-state index is 0.0152. The number of para-hydroxylation sites is 1. The van der Waals surface area contributed by atoms with Crippen molar-refractivity contribution in [3.63, 3.8) is 0 Å². The van der Waals surface area contributed by atoms with E-state index in [4.69, 9.17) is 4.98 Å². The molecule has 1 aliphatic heterocycles. The van der Waals surface area contributed by atoms with Gasteiger partial charge in [0.2, 0.25) is 0 Å². The zero-order valence-corrected chi connectivity index (χ0v) is 15.3. The summed E-state index contributed by atoms with van der Waals surface area (Å²) in [6.07, 6.45) is 8.80. The maximum absolute atomic E-state index is 13.1. The Balaban J connectivity index is 1.41. The Morgan fingerprint density at radius 1 is 1.19 bits per heavy atom. The monoisotopic (exact) mass is 375 g/mol. The molecule has 0 aliphatic carbocycles. The third-order valence-corrected chi connectivity index (χ3v) is 6.01. The van der Waals surface area contributed by atoms with Gasteiger partial charge in [-0.15, -0.1) is 11.3 Å². The fraction of sp³-hybridized carbons (Fsp3) is 0.200. The van der Waals surface area contributed by atoms with Gasteiger partial charge in [-0.05, 0) is 37.1 Å². The van der Waals surface area contributed by atoms with Crippen LogP contribution in [-0.4, -0.2) is 36.9 Å². The second kappa shape index (κ2) is 6.59. The van der Waals surface area contributed by atoms with Crippen LogP contribution in [0.25, 0.3) is 16.0 Å². The number of carbonyl (C=O) groups excluding carboxylic acids is 1. The van der Waals surface area contributed by atoms with E-state index in [0.717, 1.165) is 40.4 Å². The zero-order chi connectivity index (χ0) is 18.2. The molecule has 1 atom stereocenters. The average Bonchev–Trinajstić information content (AvgIpc) is 3.47. The van der Waals surface area contributed by atoms with Crippen LogP contribution in [0.15, 0.2) is 61.3 Å². The normalized spacial score (nSPS) is 16.9. The molecule has 0 radical (unpaired) electrons. The summed E-state index contributed by atoms with van der Waals surface area (Å²) in [7, 11) is 0. The Kier molecular flexibility index (Phi) is 3.94. The Bertz CT molecular complexity index is 1050. The van der Waals surface area contributed by atoms with Crippen molar-refractivity contribution in [2.75, 3.05) is 6.54 Å². The van der Waals surface area contributed by atoms with Gasteiger partial charge in [-0.2, -0.15) is 0 Å². The van der Waals surface area contributed by atoms with Crippen LogP contribution in [-0.2, 0) is 0 Å². The second-order valence-electron chi connectivity index (χ2n) is 6.55. The lowest BCUT2D eigenvalue weighted by Gasteiger charge is -2.23. The predicted molar refractivity (Wildman–Crippen MR) is 104 cm³/mol. The number of nitrogens with zero attached hydrogens (tertiary/aromatic N) is 5. The number of fused-ring (bicyclic) bond motifs is 1. The first kappa shape index (κ1) is 16.1. The molecular weight excluding hydrogens is 358 g/mol. The molecule has 1 amide bonds. The van der Waals surface area contributed by atoms with Crippen LogP contribution in [0.2, 0.25) is 0 Å².